The Morgan fingerprint density at radius 2 is 1.97 bits per heavy atom. The zero-order chi connectivity index (χ0) is 22.5. The van der Waals surface area contributed by atoms with Gasteiger partial charge in [-0.3, -0.25) is 4.98 Å². The molecule has 1 aliphatic carbocycles. The van der Waals surface area contributed by atoms with Crippen LogP contribution in [-0.2, 0) is 0 Å². The van der Waals surface area contributed by atoms with Crippen molar-refractivity contribution in [2.75, 3.05) is 0 Å². The van der Waals surface area contributed by atoms with Crippen molar-refractivity contribution in [3.05, 3.63) is 83.2 Å². The lowest BCUT2D eigenvalue weighted by molar-refractivity contribution is 0.307. The lowest BCUT2D eigenvalue weighted by Crippen LogP contribution is -2.24. The molecule has 0 saturated heterocycles. The molecule has 2 heterocycles. The minimum Gasteiger partial charge on any atom is -0.343 e. The topological polar surface area (TPSA) is 41.6 Å². The van der Waals surface area contributed by atoms with Crippen molar-refractivity contribution in [3.63, 3.8) is 0 Å². The summed E-state index contributed by atoms with van der Waals surface area (Å²) >= 11 is 0. The summed E-state index contributed by atoms with van der Waals surface area (Å²) in [6.45, 7) is 12.4. The number of rotatable bonds is 6. The largest absolute Gasteiger partial charge is 0.343 e. The molecule has 0 unspecified atom stereocenters. The molecule has 1 aliphatic rings. The van der Waals surface area contributed by atoms with E-state index < -0.39 is 0 Å². The van der Waals surface area contributed by atoms with Crippen molar-refractivity contribution in [2.45, 2.75) is 46.0 Å². The van der Waals surface area contributed by atoms with Crippen molar-refractivity contribution >= 4 is 12.7 Å². The van der Waals surface area contributed by atoms with Crippen molar-refractivity contribution in [3.8, 4) is 22.6 Å². The molecular weight excluding hydrogens is 390 g/mol. The lowest BCUT2D eigenvalue weighted by Gasteiger charge is -2.28. The Morgan fingerprint density at radius 3 is 2.69 bits per heavy atom. The average Bonchev–Trinajstić information content (AvgIpc) is 3.29. The molecule has 3 aromatic rings. The zero-order valence-corrected chi connectivity index (χ0v) is 19.3. The van der Waals surface area contributed by atoms with Crippen LogP contribution in [0.5, 0.6) is 0 Å². The van der Waals surface area contributed by atoms with E-state index in [-0.39, 0.29) is 0 Å². The molecular formula is C29H33N3. The second-order valence-corrected chi connectivity index (χ2v) is 8.88. The highest BCUT2D eigenvalue weighted by Crippen LogP contribution is 2.35. The number of hydrogen-bond donors (Lipinski definition) is 1. The monoisotopic (exact) mass is 423 g/mol. The Balaban J connectivity index is 1.66. The zero-order valence-electron chi connectivity index (χ0n) is 19.3. The van der Waals surface area contributed by atoms with Gasteiger partial charge < -0.3 is 4.98 Å². The molecule has 4 rings (SSSR count). The fraction of sp³-hybridized carbons (Fsp3) is 0.310. The smallest absolute Gasteiger partial charge is 0.0977 e. The summed E-state index contributed by atoms with van der Waals surface area (Å²) < 4.78 is 0. The van der Waals surface area contributed by atoms with Crippen LogP contribution in [0.15, 0.2) is 67.0 Å². The number of aryl methyl sites for hydroxylation is 1. The quantitative estimate of drug-likeness (QED) is 0.497. The van der Waals surface area contributed by atoms with Gasteiger partial charge in [-0.2, -0.15) is 0 Å². The summed E-state index contributed by atoms with van der Waals surface area (Å²) in [4.78, 5) is 12.6. The van der Waals surface area contributed by atoms with Gasteiger partial charge in [0.2, 0.25) is 0 Å². The van der Waals surface area contributed by atoms with Crippen LogP contribution in [0.3, 0.4) is 0 Å². The predicted octanol–water partition coefficient (Wildman–Crippen LogP) is 5.97. The summed E-state index contributed by atoms with van der Waals surface area (Å²) in [6, 6.07) is 12.5. The van der Waals surface area contributed by atoms with E-state index in [1.807, 2.05) is 25.1 Å². The van der Waals surface area contributed by atoms with Gasteiger partial charge in [0.05, 0.1) is 23.4 Å². The van der Waals surface area contributed by atoms with E-state index in [9.17, 15) is 0 Å². The second kappa shape index (κ2) is 9.95. The predicted molar refractivity (Wildman–Crippen MR) is 135 cm³/mol. The highest BCUT2D eigenvalue weighted by molar-refractivity contribution is 5.76. The molecule has 1 aromatic carbocycles. The van der Waals surface area contributed by atoms with Crippen molar-refractivity contribution < 1.29 is 0 Å². The molecule has 1 fully saturated rings. The van der Waals surface area contributed by atoms with Gasteiger partial charge in [0.1, 0.15) is 0 Å². The van der Waals surface area contributed by atoms with Crippen molar-refractivity contribution in [1.82, 2.24) is 15.0 Å². The lowest BCUT2D eigenvalue weighted by atomic mass is 9.77. The molecule has 2 aromatic heterocycles. The third-order valence-corrected chi connectivity index (χ3v) is 6.68. The standard InChI is InChI=1S/C29H33N3/c1-5-8-22-12-15-24(16-13-22)23(6-2)17-26-18-25(14-11-20(26)3)28-29(31-19-30-28)27-10-7-9-21(4)32-27/h5-7,9-11,14,17-19,22,24H,1,3,8,12-13,15-16H2,2,4H3,(H,30,31)/b23-6+,26-17-. The number of imidazole rings is 1. The first-order valence-electron chi connectivity index (χ1n) is 11.6. The number of nitrogens with one attached hydrogen (secondary N) is 1. The molecule has 0 aliphatic heterocycles. The Labute approximate surface area is 191 Å². The van der Waals surface area contributed by atoms with Crippen LogP contribution in [0.25, 0.3) is 35.3 Å². The van der Waals surface area contributed by atoms with Crippen LogP contribution < -0.4 is 10.4 Å². The Bertz CT molecular complexity index is 1220. The van der Waals surface area contributed by atoms with E-state index in [2.05, 4.69) is 71.5 Å². The molecule has 0 spiro atoms. The first kappa shape index (κ1) is 22.0. The number of aromatic nitrogens is 3. The van der Waals surface area contributed by atoms with Gasteiger partial charge in [-0.25, -0.2) is 4.98 Å². The van der Waals surface area contributed by atoms with Gasteiger partial charge >= 0.3 is 0 Å². The summed E-state index contributed by atoms with van der Waals surface area (Å²) in [5, 5.41) is 2.20. The van der Waals surface area contributed by atoms with Gasteiger partial charge in [-0.15, -0.1) is 6.58 Å². The summed E-state index contributed by atoms with van der Waals surface area (Å²) in [7, 11) is 0. The number of allylic oxidation sites excluding steroid dienone is 3. The molecule has 1 N–H and O–H groups in total. The Kier molecular flexibility index (Phi) is 6.84. The number of nitrogens with zero attached hydrogens (tertiary/aromatic N) is 2. The highest BCUT2D eigenvalue weighted by Gasteiger charge is 2.22. The van der Waals surface area contributed by atoms with E-state index in [0.717, 1.165) is 51.1 Å². The van der Waals surface area contributed by atoms with Gasteiger partial charge in [0, 0.05) is 11.3 Å². The molecule has 3 nitrogen and oxygen atoms in total. The average molecular weight is 424 g/mol. The van der Waals surface area contributed by atoms with Gasteiger partial charge in [0.25, 0.3) is 0 Å². The molecule has 0 amide bonds. The highest BCUT2D eigenvalue weighted by atomic mass is 14.9. The fourth-order valence-corrected chi connectivity index (χ4v) is 4.85. The molecule has 0 bridgehead atoms. The first-order valence-corrected chi connectivity index (χ1v) is 11.6. The SMILES string of the molecule is C=CCC1CCC(C(=C/C)/C=c2/cc(-c3nc[nH]c3-c3cccc(C)n3)ccc2=C)CC1. The van der Waals surface area contributed by atoms with E-state index >= 15 is 0 Å². The summed E-state index contributed by atoms with van der Waals surface area (Å²) in [6.07, 6.45) is 14.7. The van der Waals surface area contributed by atoms with Crippen LogP contribution in [0, 0.1) is 18.8 Å². The summed E-state index contributed by atoms with van der Waals surface area (Å²) in [5.41, 5.74) is 6.27. The number of H-pyrrole nitrogens is 1. The van der Waals surface area contributed by atoms with Gasteiger partial charge in [-0.05, 0) is 92.0 Å². The van der Waals surface area contributed by atoms with E-state index in [4.69, 9.17) is 0 Å². The molecule has 1 saturated carbocycles. The maximum Gasteiger partial charge on any atom is 0.0977 e. The maximum atomic E-state index is 4.68. The fourth-order valence-electron chi connectivity index (χ4n) is 4.85. The number of benzene rings is 1. The number of aromatic amines is 1. The number of pyridine rings is 1. The van der Waals surface area contributed by atoms with Crippen LogP contribution in [0.4, 0.5) is 0 Å². The molecule has 0 radical (unpaired) electrons. The van der Waals surface area contributed by atoms with Crippen LogP contribution in [0.1, 0.15) is 44.7 Å². The van der Waals surface area contributed by atoms with Gasteiger partial charge in [0.15, 0.2) is 0 Å². The summed E-state index contributed by atoms with van der Waals surface area (Å²) in [5.74, 6) is 1.43. The van der Waals surface area contributed by atoms with Crippen LogP contribution in [0.2, 0.25) is 0 Å². The minimum atomic E-state index is 0.626. The van der Waals surface area contributed by atoms with Crippen LogP contribution in [-0.4, -0.2) is 15.0 Å². The Morgan fingerprint density at radius 1 is 1.16 bits per heavy atom. The van der Waals surface area contributed by atoms with Crippen molar-refractivity contribution in [1.29, 1.82) is 0 Å². The molecule has 3 heteroatoms. The van der Waals surface area contributed by atoms with E-state index in [1.165, 1.54) is 31.3 Å². The van der Waals surface area contributed by atoms with Gasteiger partial charge in [-0.1, -0.05) is 43.0 Å². The molecule has 32 heavy (non-hydrogen) atoms. The second-order valence-electron chi connectivity index (χ2n) is 8.88. The third-order valence-electron chi connectivity index (χ3n) is 6.68. The van der Waals surface area contributed by atoms with E-state index in [1.54, 1.807) is 6.33 Å². The van der Waals surface area contributed by atoms with Crippen molar-refractivity contribution in [2.24, 2.45) is 11.8 Å². The number of hydrogen-bond acceptors (Lipinski definition) is 2. The van der Waals surface area contributed by atoms with Crippen LogP contribution >= 0.6 is 0 Å². The Hall–Kier alpha value is -3.20. The third kappa shape index (κ3) is 4.83. The maximum absolute atomic E-state index is 4.68. The normalized spacial score (nSPS) is 19.8. The van der Waals surface area contributed by atoms with E-state index in [0.29, 0.717) is 5.92 Å². The minimum absolute atomic E-state index is 0.626. The first-order chi connectivity index (χ1) is 15.6. The molecule has 0 atom stereocenters. The molecule has 164 valence electrons.